The standard InChI is InChI=1S/C18H20O4/c1-4-5-6-7-8-9-10-13-18(22-17(3)20)14-11-12-15-21-16(2)19/h10,13,18H,11-12,14-15H2,1-3H3/b13-10+/t18-/m1/s1. The first-order valence-electron chi connectivity index (χ1n) is 6.95. The van der Waals surface area contributed by atoms with Crippen LogP contribution in [-0.2, 0) is 19.1 Å². The lowest BCUT2D eigenvalue weighted by molar-refractivity contribution is -0.144. The summed E-state index contributed by atoms with van der Waals surface area (Å²) in [6.07, 6.45) is 5.12. The average molecular weight is 300 g/mol. The van der Waals surface area contributed by atoms with Crippen molar-refractivity contribution < 1.29 is 19.1 Å². The molecule has 0 bridgehead atoms. The largest absolute Gasteiger partial charge is 0.466 e. The molecule has 0 aromatic heterocycles. The van der Waals surface area contributed by atoms with Gasteiger partial charge >= 0.3 is 11.9 Å². The number of hydrogen-bond acceptors (Lipinski definition) is 4. The molecule has 0 spiro atoms. The maximum Gasteiger partial charge on any atom is 0.303 e. The van der Waals surface area contributed by atoms with Crippen molar-refractivity contribution in [1.82, 2.24) is 0 Å². The lowest BCUT2D eigenvalue weighted by Gasteiger charge is -2.12. The maximum atomic E-state index is 11.0. The topological polar surface area (TPSA) is 52.6 Å². The minimum atomic E-state index is -0.347. The van der Waals surface area contributed by atoms with E-state index in [4.69, 9.17) is 9.47 Å². The SMILES string of the molecule is CC#CC#CC#C/C=C/[C@H](CCCCOC(C)=O)OC(C)=O. The van der Waals surface area contributed by atoms with E-state index in [1.165, 1.54) is 13.8 Å². The summed E-state index contributed by atoms with van der Waals surface area (Å²) in [7, 11) is 0. The van der Waals surface area contributed by atoms with Crippen LogP contribution in [0.4, 0.5) is 0 Å². The number of esters is 2. The fourth-order valence-electron chi connectivity index (χ4n) is 1.43. The van der Waals surface area contributed by atoms with E-state index in [0.717, 1.165) is 12.8 Å². The van der Waals surface area contributed by atoms with Crippen LogP contribution >= 0.6 is 0 Å². The van der Waals surface area contributed by atoms with E-state index in [-0.39, 0.29) is 18.0 Å². The zero-order valence-corrected chi connectivity index (χ0v) is 13.2. The third-order valence-corrected chi connectivity index (χ3v) is 2.28. The number of carbonyl (C=O) groups excluding carboxylic acids is 2. The summed E-state index contributed by atoms with van der Waals surface area (Å²) < 4.78 is 10.0. The van der Waals surface area contributed by atoms with Crippen molar-refractivity contribution in [3.8, 4) is 35.5 Å². The fraction of sp³-hybridized carbons (Fsp3) is 0.444. The van der Waals surface area contributed by atoms with E-state index in [0.29, 0.717) is 13.0 Å². The normalized spacial score (nSPS) is 10.1. The monoisotopic (exact) mass is 300 g/mol. The molecule has 0 N–H and O–H groups in total. The van der Waals surface area contributed by atoms with Gasteiger partial charge in [0.2, 0.25) is 0 Å². The molecular weight excluding hydrogens is 280 g/mol. The summed E-state index contributed by atoms with van der Waals surface area (Å²) in [5.41, 5.74) is 0. The molecule has 0 fully saturated rings. The molecule has 0 amide bonds. The van der Waals surface area contributed by atoms with Crippen LogP contribution in [0.1, 0.15) is 40.0 Å². The van der Waals surface area contributed by atoms with E-state index in [2.05, 4.69) is 35.5 Å². The third-order valence-electron chi connectivity index (χ3n) is 2.28. The average Bonchev–Trinajstić information content (AvgIpc) is 2.44. The molecular formula is C18H20O4. The highest BCUT2D eigenvalue weighted by molar-refractivity contribution is 5.66. The summed E-state index contributed by atoms with van der Waals surface area (Å²) in [5.74, 6) is 15.1. The predicted octanol–water partition coefficient (Wildman–Crippen LogP) is 2.24. The number of carbonyl (C=O) groups is 2. The molecule has 0 saturated heterocycles. The van der Waals surface area contributed by atoms with Crippen molar-refractivity contribution in [2.75, 3.05) is 6.61 Å². The molecule has 22 heavy (non-hydrogen) atoms. The van der Waals surface area contributed by atoms with Crippen molar-refractivity contribution in [1.29, 1.82) is 0 Å². The molecule has 0 heterocycles. The molecule has 0 aliphatic carbocycles. The lowest BCUT2D eigenvalue weighted by atomic mass is 10.1. The van der Waals surface area contributed by atoms with Gasteiger partial charge < -0.3 is 9.47 Å². The Balaban J connectivity index is 4.27. The maximum absolute atomic E-state index is 11.0. The van der Waals surface area contributed by atoms with E-state index in [1.807, 2.05) is 0 Å². The molecule has 0 aliphatic heterocycles. The van der Waals surface area contributed by atoms with Gasteiger partial charge in [-0.05, 0) is 62.0 Å². The Kier molecular flexibility index (Phi) is 11.7. The molecule has 0 unspecified atom stereocenters. The molecule has 4 heteroatoms. The van der Waals surface area contributed by atoms with Crippen molar-refractivity contribution >= 4 is 11.9 Å². The number of rotatable bonds is 7. The van der Waals surface area contributed by atoms with Gasteiger partial charge in [-0.1, -0.05) is 11.8 Å². The van der Waals surface area contributed by atoms with Crippen LogP contribution in [-0.4, -0.2) is 24.6 Å². The van der Waals surface area contributed by atoms with Gasteiger partial charge in [-0.3, -0.25) is 9.59 Å². The summed E-state index contributed by atoms with van der Waals surface area (Å²) >= 11 is 0. The molecule has 0 aromatic rings. The highest BCUT2D eigenvalue weighted by Crippen LogP contribution is 2.07. The van der Waals surface area contributed by atoms with Crippen LogP contribution in [0, 0.1) is 35.5 Å². The summed E-state index contributed by atoms with van der Waals surface area (Å²) in [4.78, 5) is 21.7. The van der Waals surface area contributed by atoms with E-state index >= 15 is 0 Å². The van der Waals surface area contributed by atoms with Crippen molar-refractivity contribution in [2.45, 2.75) is 46.1 Å². The summed E-state index contributed by atoms with van der Waals surface area (Å²) in [6, 6.07) is 0. The number of hydrogen-bond donors (Lipinski definition) is 0. The Morgan fingerprint density at radius 2 is 1.77 bits per heavy atom. The summed E-state index contributed by atoms with van der Waals surface area (Å²) in [5, 5.41) is 0. The zero-order chi connectivity index (χ0) is 16.6. The van der Waals surface area contributed by atoms with Gasteiger partial charge in [0, 0.05) is 13.8 Å². The Bertz CT molecular complexity index is 567. The Morgan fingerprint density at radius 3 is 2.41 bits per heavy atom. The second-order valence-electron chi connectivity index (χ2n) is 4.24. The van der Waals surface area contributed by atoms with Gasteiger partial charge in [0.15, 0.2) is 0 Å². The Hall–Kier alpha value is -2.64. The van der Waals surface area contributed by atoms with Crippen LogP contribution < -0.4 is 0 Å². The van der Waals surface area contributed by atoms with Gasteiger partial charge in [-0.15, -0.1) is 0 Å². The van der Waals surface area contributed by atoms with E-state index in [1.54, 1.807) is 19.1 Å². The lowest BCUT2D eigenvalue weighted by Crippen LogP contribution is -2.14. The Labute approximate surface area is 132 Å². The van der Waals surface area contributed by atoms with Crippen LogP contribution in [0.25, 0.3) is 0 Å². The van der Waals surface area contributed by atoms with Crippen molar-refractivity contribution in [3.05, 3.63) is 12.2 Å². The van der Waals surface area contributed by atoms with Gasteiger partial charge in [-0.2, -0.15) is 0 Å². The molecule has 0 saturated carbocycles. The number of unbranched alkanes of at least 4 members (excludes halogenated alkanes) is 1. The molecule has 0 rings (SSSR count). The minimum Gasteiger partial charge on any atom is -0.466 e. The number of ether oxygens (including phenoxy) is 2. The smallest absolute Gasteiger partial charge is 0.303 e. The first kappa shape index (κ1) is 19.4. The van der Waals surface area contributed by atoms with Crippen LogP contribution in [0.5, 0.6) is 0 Å². The summed E-state index contributed by atoms with van der Waals surface area (Å²) in [6.45, 7) is 4.81. The first-order valence-corrected chi connectivity index (χ1v) is 6.95. The first-order chi connectivity index (χ1) is 10.6. The van der Waals surface area contributed by atoms with Crippen LogP contribution in [0.2, 0.25) is 0 Å². The quantitative estimate of drug-likeness (QED) is 0.411. The second kappa shape index (κ2) is 13.3. The van der Waals surface area contributed by atoms with Crippen molar-refractivity contribution in [2.24, 2.45) is 0 Å². The molecule has 116 valence electrons. The molecule has 0 aromatic carbocycles. The molecule has 0 radical (unpaired) electrons. The van der Waals surface area contributed by atoms with E-state index in [9.17, 15) is 9.59 Å². The third kappa shape index (κ3) is 13.8. The predicted molar refractivity (Wildman–Crippen MR) is 84.2 cm³/mol. The molecule has 0 aliphatic rings. The fourth-order valence-corrected chi connectivity index (χ4v) is 1.43. The molecule has 4 nitrogen and oxygen atoms in total. The zero-order valence-electron chi connectivity index (χ0n) is 13.2. The van der Waals surface area contributed by atoms with Crippen LogP contribution in [0.15, 0.2) is 12.2 Å². The number of allylic oxidation sites excluding steroid dienone is 1. The van der Waals surface area contributed by atoms with Gasteiger partial charge in [-0.25, -0.2) is 0 Å². The van der Waals surface area contributed by atoms with Gasteiger partial charge in [0.05, 0.1) is 6.61 Å². The van der Waals surface area contributed by atoms with Crippen molar-refractivity contribution in [3.63, 3.8) is 0 Å². The van der Waals surface area contributed by atoms with Crippen LogP contribution in [0.3, 0.4) is 0 Å². The van der Waals surface area contributed by atoms with Gasteiger partial charge in [0.25, 0.3) is 0 Å². The highest BCUT2D eigenvalue weighted by atomic mass is 16.5. The van der Waals surface area contributed by atoms with E-state index < -0.39 is 0 Å². The Morgan fingerprint density at radius 1 is 1.05 bits per heavy atom. The second-order valence-corrected chi connectivity index (χ2v) is 4.24. The highest BCUT2D eigenvalue weighted by Gasteiger charge is 2.07. The van der Waals surface area contributed by atoms with Gasteiger partial charge in [0.1, 0.15) is 6.10 Å². The minimum absolute atomic E-state index is 0.291. The molecule has 1 atom stereocenters.